The molecule has 0 unspecified atom stereocenters. The van der Waals surface area contributed by atoms with Crippen molar-refractivity contribution in [2.75, 3.05) is 67.1 Å². The number of hydrogen-bond acceptors (Lipinski definition) is 8. The summed E-state index contributed by atoms with van der Waals surface area (Å²) in [5.74, 6) is -0.157. The van der Waals surface area contributed by atoms with Gasteiger partial charge in [0.25, 0.3) is 0 Å². The molecule has 2 aliphatic rings. The second-order valence-electron chi connectivity index (χ2n) is 11.7. The molecule has 0 bridgehead atoms. The number of benzene rings is 2. The van der Waals surface area contributed by atoms with Crippen LogP contribution in [-0.2, 0) is 6.54 Å². The minimum atomic E-state index is -4.57. The molecule has 0 N–H and O–H groups in total. The smallest absolute Gasteiger partial charge is 0.422 e. The standard InChI is InChI=1S/C33H41F3N6O4/c1-5-45-31-37-29(44-4)26(30(38-31)46-22-33(34,35)36)20-40-18-25-19-41(32(43)39(2)3)16-17-42(25)27(21-40)28(23-12-8-6-9-13-23)24-14-10-7-11-15-24/h6-15,25,27-28H,5,16-22H2,1-4H3/t25-,27+/m1/s1. The zero-order valence-electron chi connectivity index (χ0n) is 26.6. The number of carbonyl (C=O) groups is 1. The maximum Gasteiger partial charge on any atom is 0.422 e. The van der Waals surface area contributed by atoms with Crippen molar-refractivity contribution in [2.45, 2.75) is 37.6 Å². The SMILES string of the molecule is CCOc1nc(OC)c(CN2C[C@@H]3CN(C(=O)N(C)C)CCN3[C@H](C(c3ccccc3)c3ccccc3)C2)c(OCC(F)(F)F)n1. The van der Waals surface area contributed by atoms with Crippen LogP contribution in [0.25, 0.3) is 0 Å². The summed E-state index contributed by atoms with van der Waals surface area (Å²) in [6.45, 7) is 3.52. The quantitative estimate of drug-likeness (QED) is 0.320. The Morgan fingerprint density at radius 3 is 2.13 bits per heavy atom. The molecule has 2 amide bonds. The molecule has 5 rings (SSSR count). The van der Waals surface area contributed by atoms with E-state index in [1.807, 2.05) is 41.3 Å². The summed E-state index contributed by atoms with van der Waals surface area (Å²) >= 11 is 0. The van der Waals surface area contributed by atoms with Crippen LogP contribution in [0.4, 0.5) is 18.0 Å². The van der Waals surface area contributed by atoms with Gasteiger partial charge >= 0.3 is 18.2 Å². The van der Waals surface area contributed by atoms with Crippen LogP contribution in [-0.4, -0.2) is 121 Å². The molecule has 3 heterocycles. The summed E-state index contributed by atoms with van der Waals surface area (Å²) in [5.41, 5.74) is 2.61. The molecule has 2 atom stereocenters. The van der Waals surface area contributed by atoms with Crippen molar-refractivity contribution in [3.05, 3.63) is 77.4 Å². The highest BCUT2D eigenvalue weighted by molar-refractivity contribution is 5.74. The Labute approximate surface area is 267 Å². The topological polar surface area (TPSA) is 83.5 Å². The van der Waals surface area contributed by atoms with Gasteiger partial charge in [0.2, 0.25) is 11.8 Å². The largest absolute Gasteiger partial charge is 0.481 e. The number of rotatable bonds is 10. The number of aromatic nitrogens is 2. The van der Waals surface area contributed by atoms with Crippen LogP contribution < -0.4 is 14.2 Å². The van der Waals surface area contributed by atoms with E-state index >= 15 is 0 Å². The summed E-state index contributed by atoms with van der Waals surface area (Å²) in [6.07, 6.45) is -4.57. The summed E-state index contributed by atoms with van der Waals surface area (Å²) in [5, 5.41) is 0. The van der Waals surface area contributed by atoms with Gasteiger partial charge in [0, 0.05) is 71.4 Å². The minimum absolute atomic E-state index is 0.0109. The zero-order valence-corrected chi connectivity index (χ0v) is 26.6. The third kappa shape index (κ3) is 7.81. The summed E-state index contributed by atoms with van der Waals surface area (Å²) < 4.78 is 56.1. The van der Waals surface area contributed by atoms with E-state index in [9.17, 15) is 18.0 Å². The van der Waals surface area contributed by atoms with Crippen molar-refractivity contribution in [2.24, 2.45) is 0 Å². The second kappa shape index (κ2) is 14.5. The van der Waals surface area contributed by atoms with Crippen molar-refractivity contribution in [1.29, 1.82) is 0 Å². The Kier molecular flexibility index (Phi) is 10.5. The first kappa shape index (κ1) is 33.3. The second-order valence-corrected chi connectivity index (χ2v) is 11.7. The number of urea groups is 1. The van der Waals surface area contributed by atoms with Crippen molar-refractivity contribution in [3.63, 3.8) is 0 Å². The Morgan fingerprint density at radius 2 is 1.57 bits per heavy atom. The Bertz CT molecular complexity index is 1410. The van der Waals surface area contributed by atoms with Gasteiger partial charge in [0.15, 0.2) is 6.61 Å². The predicted molar refractivity (Wildman–Crippen MR) is 166 cm³/mol. The van der Waals surface area contributed by atoms with E-state index in [1.54, 1.807) is 25.9 Å². The van der Waals surface area contributed by atoms with E-state index in [4.69, 9.17) is 14.2 Å². The first-order valence-electron chi connectivity index (χ1n) is 15.4. The zero-order chi connectivity index (χ0) is 32.8. The number of methoxy groups -OCH3 is 1. The molecule has 0 radical (unpaired) electrons. The monoisotopic (exact) mass is 642 g/mol. The Hall–Kier alpha value is -4.10. The lowest BCUT2D eigenvalue weighted by molar-refractivity contribution is -0.154. The summed E-state index contributed by atoms with van der Waals surface area (Å²) in [4.78, 5) is 29.7. The fourth-order valence-corrected chi connectivity index (χ4v) is 6.47. The van der Waals surface area contributed by atoms with Crippen LogP contribution in [0.2, 0.25) is 0 Å². The third-order valence-electron chi connectivity index (χ3n) is 8.36. The molecule has 0 saturated carbocycles. The van der Waals surface area contributed by atoms with Crippen LogP contribution >= 0.6 is 0 Å². The van der Waals surface area contributed by atoms with E-state index in [0.717, 1.165) is 11.1 Å². The average Bonchev–Trinajstić information content (AvgIpc) is 3.04. The van der Waals surface area contributed by atoms with Gasteiger partial charge in [-0.1, -0.05) is 60.7 Å². The maximum absolute atomic E-state index is 13.3. The third-order valence-corrected chi connectivity index (χ3v) is 8.36. The fraction of sp³-hybridized carbons (Fsp3) is 0.485. The van der Waals surface area contributed by atoms with Crippen molar-refractivity contribution in [3.8, 4) is 17.8 Å². The highest BCUT2D eigenvalue weighted by Gasteiger charge is 2.43. The molecule has 2 aliphatic heterocycles. The predicted octanol–water partition coefficient (Wildman–Crippen LogP) is 4.51. The van der Waals surface area contributed by atoms with Gasteiger partial charge in [0.1, 0.15) is 0 Å². The fourth-order valence-electron chi connectivity index (χ4n) is 6.47. The molecule has 0 spiro atoms. The highest BCUT2D eigenvalue weighted by atomic mass is 19.4. The molecular formula is C33H41F3N6O4. The summed E-state index contributed by atoms with van der Waals surface area (Å²) in [7, 11) is 4.89. The minimum Gasteiger partial charge on any atom is -0.481 e. The number of nitrogens with zero attached hydrogens (tertiary/aromatic N) is 6. The molecule has 10 nitrogen and oxygen atoms in total. The van der Waals surface area contributed by atoms with Crippen molar-refractivity contribution >= 4 is 6.03 Å². The van der Waals surface area contributed by atoms with E-state index in [1.165, 1.54) is 7.11 Å². The van der Waals surface area contributed by atoms with E-state index in [-0.39, 0.29) is 55.0 Å². The van der Waals surface area contributed by atoms with Crippen LogP contribution in [0.3, 0.4) is 0 Å². The van der Waals surface area contributed by atoms with Gasteiger partial charge < -0.3 is 24.0 Å². The number of fused-ring (bicyclic) bond motifs is 1. The lowest BCUT2D eigenvalue weighted by Crippen LogP contribution is -2.67. The molecule has 248 valence electrons. The summed E-state index contributed by atoms with van der Waals surface area (Å²) in [6, 6.07) is 20.4. The normalized spacial score (nSPS) is 19.1. The van der Waals surface area contributed by atoms with E-state index in [0.29, 0.717) is 38.3 Å². The molecular weight excluding hydrogens is 601 g/mol. The first-order chi connectivity index (χ1) is 22.1. The first-order valence-corrected chi connectivity index (χ1v) is 15.4. The van der Waals surface area contributed by atoms with Crippen molar-refractivity contribution in [1.82, 2.24) is 29.6 Å². The van der Waals surface area contributed by atoms with Gasteiger partial charge in [-0.25, -0.2) is 4.79 Å². The van der Waals surface area contributed by atoms with Gasteiger partial charge in [-0.3, -0.25) is 9.80 Å². The van der Waals surface area contributed by atoms with Gasteiger partial charge in [-0.2, -0.15) is 23.1 Å². The van der Waals surface area contributed by atoms with Gasteiger partial charge in [-0.15, -0.1) is 0 Å². The maximum atomic E-state index is 13.3. The number of alkyl halides is 3. The highest BCUT2D eigenvalue weighted by Crippen LogP contribution is 2.38. The van der Waals surface area contributed by atoms with Crippen molar-refractivity contribution < 1.29 is 32.2 Å². The molecule has 2 fully saturated rings. The number of ether oxygens (including phenoxy) is 3. The molecule has 46 heavy (non-hydrogen) atoms. The van der Waals surface area contributed by atoms with Crippen LogP contribution in [0.5, 0.6) is 17.8 Å². The lowest BCUT2D eigenvalue weighted by Gasteiger charge is -2.53. The van der Waals surface area contributed by atoms with E-state index < -0.39 is 12.8 Å². The number of halogens is 3. The molecule has 2 saturated heterocycles. The van der Waals surface area contributed by atoms with Gasteiger partial charge in [0.05, 0.1) is 19.3 Å². The molecule has 3 aromatic rings. The molecule has 0 aliphatic carbocycles. The number of carbonyl (C=O) groups excluding carboxylic acids is 1. The van der Waals surface area contributed by atoms with Crippen LogP contribution in [0, 0.1) is 0 Å². The Morgan fingerprint density at radius 1 is 0.935 bits per heavy atom. The average molecular weight is 643 g/mol. The number of amides is 2. The molecule has 2 aromatic carbocycles. The Balaban J connectivity index is 1.54. The number of piperazine rings is 2. The lowest BCUT2D eigenvalue weighted by atomic mass is 9.81. The molecule has 13 heteroatoms. The molecule has 1 aromatic heterocycles. The van der Waals surface area contributed by atoms with Crippen LogP contribution in [0.15, 0.2) is 60.7 Å². The van der Waals surface area contributed by atoms with Gasteiger partial charge in [-0.05, 0) is 18.1 Å². The van der Waals surface area contributed by atoms with E-state index in [2.05, 4.69) is 44.0 Å². The number of hydrogen-bond donors (Lipinski definition) is 0. The van der Waals surface area contributed by atoms with Crippen LogP contribution in [0.1, 0.15) is 29.5 Å².